The summed E-state index contributed by atoms with van der Waals surface area (Å²) in [5, 5.41) is 10.2. The average molecular weight is 462 g/mol. The lowest BCUT2D eigenvalue weighted by molar-refractivity contribution is -0.134. The smallest absolute Gasteiger partial charge is 0.228 e. The number of ether oxygens (including phenoxy) is 1. The number of hydrogen-bond acceptors (Lipinski definition) is 6. The Labute approximate surface area is 202 Å². The van der Waals surface area contributed by atoms with Gasteiger partial charge in [0.25, 0.3) is 0 Å². The first-order valence-corrected chi connectivity index (χ1v) is 12.9. The summed E-state index contributed by atoms with van der Waals surface area (Å²) in [5.41, 5.74) is 3.30. The molecule has 1 aromatic heterocycles. The molecule has 7 nitrogen and oxygen atoms in total. The van der Waals surface area contributed by atoms with Gasteiger partial charge in [-0.1, -0.05) is 25.3 Å². The van der Waals surface area contributed by atoms with E-state index in [9.17, 15) is 10.1 Å². The summed E-state index contributed by atoms with van der Waals surface area (Å²) in [6.07, 6.45) is 9.14. The predicted octanol–water partition coefficient (Wildman–Crippen LogP) is 3.58. The first kappa shape index (κ1) is 23.0. The van der Waals surface area contributed by atoms with Crippen LogP contribution in [0.15, 0.2) is 40.7 Å². The molecule has 0 aromatic carbocycles. The number of amides is 1. The van der Waals surface area contributed by atoms with E-state index in [4.69, 9.17) is 9.73 Å². The third-order valence-electron chi connectivity index (χ3n) is 7.98. The van der Waals surface area contributed by atoms with Crippen molar-refractivity contribution in [2.45, 2.75) is 57.9 Å². The van der Waals surface area contributed by atoms with E-state index < -0.39 is 0 Å². The van der Waals surface area contributed by atoms with Crippen LogP contribution in [-0.2, 0) is 16.0 Å². The molecule has 4 heterocycles. The quantitative estimate of drug-likeness (QED) is 0.687. The zero-order valence-electron chi connectivity index (χ0n) is 20.2. The summed E-state index contributed by atoms with van der Waals surface area (Å²) >= 11 is 0. The van der Waals surface area contributed by atoms with Gasteiger partial charge in [-0.15, -0.1) is 0 Å². The summed E-state index contributed by atoms with van der Waals surface area (Å²) in [7, 11) is 0. The third-order valence-corrected chi connectivity index (χ3v) is 7.98. The second-order valence-corrected chi connectivity index (χ2v) is 10.1. The SMILES string of the molecule is C[C@@H]1CN(C2=NC(C3CCCCC3)=C3COCCC3C2C#N)CCN1C(=O)Cc1ccccn1. The number of hydrogen-bond donors (Lipinski definition) is 0. The van der Waals surface area contributed by atoms with Crippen molar-refractivity contribution in [1.82, 2.24) is 14.8 Å². The third kappa shape index (κ3) is 4.61. The Kier molecular flexibility index (Phi) is 6.96. The largest absolute Gasteiger partial charge is 0.377 e. The van der Waals surface area contributed by atoms with Crippen molar-refractivity contribution in [2.75, 3.05) is 32.8 Å². The van der Waals surface area contributed by atoms with Crippen LogP contribution in [0.4, 0.5) is 0 Å². The highest BCUT2D eigenvalue weighted by atomic mass is 16.5. The molecule has 180 valence electrons. The second kappa shape index (κ2) is 10.3. The van der Waals surface area contributed by atoms with Crippen LogP contribution in [0, 0.1) is 29.1 Å². The molecule has 1 amide bonds. The van der Waals surface area contributed by atoms with Crippen LogP contribution in [0.25, 0.3) is 0 Å². The van der Waals surface area contributed by atoms with E-state index in [1.165, 1.54) is 43.4 Å². The first-order valence-electron chi connectivity index (χ1n) is 12.9. The molecular weight excluding hydrogens is 426 g/mol. The number of fused-ring (bicyclic) bond motifs is 1. The number of aliphatic imine (C=N–C) groups is 1. The van der Waals surface area contributed by atoms with Gasteiger partial charge in [-0.2, -0.15) is 5.26 Å². The normalized spacial score (nSPS) is 28.2. The van der Waals surface area contributed by atoms with Gasteiger partial charge in [-0.3, -0.25) is 9.78 Å². The van der Waals surface area contributed by atoms with Gasteiger partial charge in [-0.05, 0) is 43.9 Å². The van der Waals surface area contributed by atoms with E-state index >= 15 is 0 Å². The number of rotatable bonds is 3. The summed E-state index contributed by atoms with van der Waals surface area (Å²) < 4.78 is 5.84. The number of nitrogens with zero attached hydrogens (tertiary/aromatic N) is 5. The Morgan fingerprint density at radius 3 is 2.79 bits per heavy atom. The lowest BCUT2D eigenvalue weighted by atomic mass is 9.75. The summed E-state index contributed by atoms with van der Waals surface area (Å²) in [6.45, 7) is 5.51. The van der Waals surface area contributed by atoms with E-state index in [0.717, 1.165) is 18.0 Å². The maximum atomic E-state index is 13.0. The van der Waals surface area contributed by atoms with Crippen molar-refractivity contribution >= 4 is 11.7 Å². The van der Waals surface area contributed by atoms with Crippen molar-refractivity contribution in [2.24, 2.45) is 22.7 Å². The summed E-state index contributed by atoms with van der Waals surface area (Å²) in [4.78, 5) is 26.8. The number of aromatic nitrogens is 1. The van der Waals surface area contributed by atoms with Crippen LogP contribution < -0.4 is 0 Å². The van der Waals surface area contributed by atoms with E-state index in [0.29, 0.717) is 45.2 Å². The van der Waals surface area contributed by atoms with Crippen LogP contribution in [0.5, 0.6) is 0 Å². The number of carbonyl (C=O) groups excluding carboxylic acids is 1. The highest BCUT2D eigenvalue weighted by Gasteiger charge is 2.42. The standard InChI is InChI=1S/C27H35N5O2/c1-19-17-31(12-13-32(19)25(33)15-21-9-5-6-11-29-21)27-23(16-28)22-10-14-34-18-24(22)26(30-27)20-7-3-2-4-8-20/h5-6,9,11,19-20,22-23H,2-4,7-8,10,12-15,17-18H2,1H3/t19-,22?,23?/m1/s1. The Hall–Kier alpha value is -2.72. The lowest BCUT2D eigenvalue weighted by Gasteiger charge is -2.45. The number of piperazine rings is 1. The Morgan fingerprint density at radius 1 is 1.21 bits per heavy atom. The highest BCUT2D eigenvalue weighted by Crippen LogP contribution is 2.42. The van der Waals surface area contributed by atoms with Crippen molar-refractivity contribution in [3.8, 4) is 6.07 Å². The van der Waals surface area contributed by atoms with E-state index in [-0.39, 0.29) is 23.8 Å². The first-order chi connectivity index (χ1) is 16.7. The van der Waals surface area contributed by atoms with Gasteiger partial charge >= 0.3 is 0 Å². The zero-order valence-corrected chi connectivity index (χ0v) is 20.2. The van der Waals surface area contributed by atoms with Crippen LogP contribution in [0.3, 0.4) is 0 Å². The topological polar surface area (TPSA) is 81.8 Å². The molecular formula is C27H35N5O2. The van der Waals surface area contributed by atoms with Gasteiger partial charge in [-0.25, -0.2) is 4.99 Å². The molecule has 3 atom stereocenters. The summed E-state index contributed by atoms with van der Waals surface area (Å²) in [6, 6.07) is 8.35. The number of allylic oxidation sites excluding steroid dienone is 1. The van der Waals surface area contributed by atoms with Crippen molar-refractivity contribution in [3.05, 3.63) is 41.4 Å². The Balaban J connectivity index is 1.36. The van der Waals surface area contributed by atoms with Crippen LogP contribution in [0.2, 0.25) is 0 Å². The molecule has 1 aliphatic carbocycles. The maximum Gasteiger partial charge on any atom is 0.228 e. The highest BCUT2D eigenvalue weighted by molar-refractivity contribution is 5.90. The maximum absolute atomic E-state index is 13.0. The van der Waals surface area contributed by atoms with Gasteiger partial charge in [0.15, 0.2) is 0 Å². The zero-order chi connectivity index (χ0) is 23.5. The fourth-order valence-electron chi connectivity index (χ4n) is 6.19. The number of amidine groups is 1. The van der Waals surface area contributed by atoms with Crippen LogP contribution >= 0.6 is 0 Å². The molecule has 0 spiro atoms. The minimum atomic E-state index is -0.228. The van der Waals surface area contributed by atoms with E-state index in [1.54, 1.807) is 6.20 Å². The summed E-state index contributed by atoms with van der Waals surface area (Å²) in [5.74, 6) is 1.52. The van der Waals surface area contributed by atoms with Gasteiger partial charge < -0.3 is 14.5 Å². The molecule has 0 bridgehead atoms. The van der Waals surface area contributed by atoms with Gasteiger partial charge in [0.05, 0.1) is 19.1 Å². The fourth-order valence-corrected chi connectivity index (χ4v) is 6.19. The molecule has 2 saturated heterocycles. The molecule has 2 unspecified atom stereocenters. The van der Waals surface area contributed by atoms with Crippen LogP contribution in [-0.4, -0.2) is 65.4 Å². The Bertz CT molecular complexity index is 992. The molecule has 1 saturated carbocycles. The molecule has 7 heteroatoms. The lowest BCUT2D eigenvalue weighted by Crippen LogP contribution is -2.57. The monoisotopic (exact) mass is 461 g/mol. The number of nitriles is 1. The molecule has 3 fully saturated rings. The van der Waals surface area contributed by atoms with Crippen molar-refractivity contribution < 1.29 is 9.53 Å². The van der Waals surface area contributed by atoms with Gasteiger partial charge in [0.1, 0.15) is 11.8 Å². The minimum Gasteiger partial charge on any atom is -0.377 e. The van der Waals surface area contributed by atoms with Gasteiger partial charge in [0, 0.05) is 61.7 Å². The average Bonchev–Trinajstić information content (AvgIpc) is 2.88. The van der Waals surface area contributed by atoms with E-state index in [1.807, 2.05) is 23.1 Å². The molecule has 3 aliphatic heterocycles. The van der Waals surface area contributed by atoms with Crippen molar-refractivity contribution in [3.63, 3.8) is 0 Å². The van der Waals surface area contributed by atoms with E-state index in [2.05, 4.69) is 22.9 Å². The van der Waals surface area contributed by atoms with Crippen LogP contribution in [0.1, 0.15) is 51.1 Å². The molecule has 34 heavy (non-hydrogen) atoms. The molecule has 0 radical (unpaired) electrons. The predicted molar refractivity (Wildman–Crippen MR) is 130 cm³/mol. The molecule has 0 N–H and O–H groups in total. The fraction of sp³-hybridized carbons (Fsp3) is 0.630. The van der Waals surface area contributed by atoms with Gasteiger partial charge in [0.2, 0.25) is 5.91 Å². The minimum absolute atomic E-state index is 0.0604. The number of carbonyl (C=O) groups is 1. The number of pyridine rings is 1. The molecule has 1 aromatic rings. The van der Waals surface area contributed by atoms with Crippen molar-refractivity contribution in [1.29, 1.82) is 5.26 Å². The molecule has 4 aliphatic rings. The second-order valence-electron chi connectivity index (χ2n) is 10.1. The Morgan fingerprint density at radius 2 is 2.06 bits per heavy atom. The molecule has 5 rings (SSSR count).